The van der Waals surface area contributed by atoms with Crippen LogP contribution in [-0.4, -0.2) is 60.9 Å². The molecule has 0 heterocycles. The van der Waals surface area contributed by atoms with Crippen LogP contribution in [0.15, 0.2) is 22.7 Å². The fourth-order valence-electron chi connectivity index (χ4n) is 6.81. The maximum atomic E-state index is 13.8. The molecule has 3 aromatic rings. The summed E-state index contributed by atoms with van der Waals surface area (Å²) in [5, 5.41) is 35.9. The summed E-state index contributed by atoms with van der Waals surface area (Å²) in [5.74, 6) is -3.22. The molecule has 0 aliphatic heterocycles. The number of hydrogen-bond acceptors (Lipinski definition) is 10. The van der Waals surface area contributed by atoms with Crippen molar-refractivity contribution in [3.63, 3.8) is 0 Å². The Morgan fingerprint density at radius 2 is 1.65 bits per heavy atom. The molecule has 0 saturated carbocycles. The van der Waals surface area contributed by atoms with Gasteiger partial charge in [-0.1, -0.05) is 0 Å². The zero-order valence-electron chi connectivity index (χ0n) is 22.6. The van der Waals surface area contributed by atoms with Gasteiger partial charge >= 0.3 is 0 Å². The van der Waals surface area contributed by atoms with Crippen molar-refractivity contribution < 1.29 is 43.9 Å². The molecule has 10 heteroatoms. The van der Waals surface area contributed by atoms with Crippen molar-refractivity contribution in [2.75, 3.05) is 28.4 Å². The van der Waals surface area contributed by atoms with Crippen LogP contribution >= 0.6 is 0 Å². The van der Waals surface area contributed by atoms with Crippen molar-refractivity contribution >= 4 is 50.2 Å². The molecule has 0 unspecified atom stereocenters. The van der Waals surface area contributed by atoms with E-state index in [2.05, 4.69) is 0 Å². The van der Waals surface area contributed by atoms with Crippen molar-refractivity contribution in [2.24, 2.45) is 0 Å². The molecular formula is C30H26O10. The van der Waals surface area contributed by atoms with Gasteiger partial charge in [-0.15, -0.1) is 0 Å². The normalized spacial score (nSPS) is 21.1. The third kappa shape index (κ3) is 2.83. The number of methoxy groups -OCH3 is 4. The molecule has 6 rings (SSSR count). The molecule has 3 aliphatic rings. The Kier molecular flexibility index (Phi) is 5.28. The number of aromatic hydroxyl groups is 1. The first-order valence-corrected chi connectivity index (χ1v) is 12.5. The number of benzene rings is 2. The molecule has 0 saturated heterocycles. The first-order chi connectivity index (χ1) is 19.0. The number of hydrogen-bond donors (Lipinski definition) is 3. The molecule has 40 heavy (non-hydrogen) atoms. The second kappa shape index (κ2) is 8.22. The zero-order valence-corrected chi connectivity index (χ0v) is 22.6. The number of aliphatic hydroxyl groups excluding tert-OH is 1. The van der Waals surface area contributed by atoms with E-state index in [1.165, 1.54) is 54.4 Å². The van der Waals surface area contributed by atoms with Crippen LogP contribution in [-0.2, 0) is 14.3 Å². The van der Waals surface area contributed by atoms with Crippen molar-refractivity contribution in [1.29, 1.82) is 0 Å². The minimum Gasteiger partial charge on any atom is -0.504 e. The number of ketones is 2. The smallest absolute Gasteiger partial charge is 0.232 e. The number of fused-ring (bicyclic) bond motifs is 1. The Morgan fingerprint density at radius 1 is 0.950 bits per heavy atom. The van der Waals surface area contributed by atoms with E-state index < -0.39 is 34.3 Å². The highest BCUT2D eigenvalue weighted by Gasteiger charge is 2.50. The Balaban J connectivity index is 2.14. The van der Waals surface area contributed by atoms with Gasteiger partial charge in [-0.2, -0.15) is 0 Å². The molecule has 10 nitrogen and oxygen atoms in total. The van der Waals surface area contributed by atoms with Crippen molar-refractivity contribution in [2.45, 2.75) is 31.8 Å². The molecular weight excluding hydrogens is 520 g/mol. The molecule has 0 amide bonds. The van der Waals surface area contributed by atoms with E-state index in [4.69, 9.17) is 18.9 Å². The highest BCUT2D eigenvalue weighted by atomic mass is 16.5. The summed E-state index contributed by atoms with van der Waals surface area (Å²) in [6.07, 6.45) is 1.19. The molecule has 0 bridgehead atoms. The zero-order chi connectivity index (χ0) is 29.0. The number of carbonyl (C=O) groups excluding carboxylic acids is 2. The van der Waals surface area contributed by atoms with E-state index >= 15 is 0 Å². The van der Waals surface area contributed by atoms with Crippen molar-refractivity contribution in [3.05, 3.63) is 55.6 Å². The van der Waals surface area contributed by atoms with Crippen molar-refractivity contribution in [1.82, 2.24) is 0 Å². The SMILES string of the molecule is COC1=CC(=O)c2c3c4c5c(c(OC)c(O)c(=O)c6cc(OC)c1c2c65)[C@H](C(C)=O)[C@@](C)(O)C=4CC(OC)=C3O. The maximum Gasteiger partial charge on any atom is 0.232 e. The van der Waals surface area contributed by atoms with Gasteiger partial charge in [0.25, 0.3) is 0 Å². The lowest BCUT2D eigenvalue weighted by Crippen LogP contribution is -2.46. The first kappa shape index (κ1) is 25.7. The lowest BCUT2D eigenvalue weighted by Gasteiger charge is -2.41. The molecule has 0 fully saturated rings. The Morgan fingerprint density at radius 3 is 2.23 bits per heavy atom. The van der Waals surface area contributed by atoms with Crippen LogP contribution in [0.2, 0.25) is 0 Å². The topological polar surface area (TPSA) is 149 Å². The number of Topliss-reactive ketones (excluding diaryl/α,β-unsaturated/α-hetero) is 1. The van der Waals surface area contributed by atoms with Gasteiger partial charge in [0.15, 0.2) is 17.3 Å². The Hall–Kier alpha value is -4.57. The van der Waals surface area contributed by atoms with Crippen LogP contribution in [0.5, 0.6) is 17.2 Å². The molecule has 3 aliphatic carbocycles. The summed E-state index contributed by atoms with van der Waals surface area (Å²) in [5.41, 5.74) is -1.87. The number of rotatable bonds is 5. The Labute approximate surface area is 227 Å². The average Bonchev–Trinajstić information content (AvgIpc) is 3.00. The fraction of sp³-hybridized carbons (Fsp3) is 0.300. The van der Waals surface area contributed by atoms with Gasteiger partial charge in [0.05, 0.1) is 45.5 Å². The highest BCUT2D eigenvalue weighted by Crippen LogP contribution is 2.54. The quantitative estimate of drug-likeness (QED) is 0.436. The average molecular weight is 547 g/mol. The van der Waals surface area contributed by atoms with Crippen LogP contribution in [0.1, 0.15) is 53.2 Å². The second-order valence-corrected chi connectivity index (χ2v) is 10.3. The van der Waals surface area contributed by atoms with E-state index in [-0.39, 0.29) is 78.7 Å². The van der Waals surface area contributed by atoms with Gasteiger partial charge in [0.1, 0.15) is 23.1 Å². The van der Waals surface area contributed by atoms with E-state index in [9.17, 15) is 29.7 Å². The molecule has 2 atom stereocenters. The lowest BCUT2D eigenvalue weighted by molar-refractivity contribution is -0.122. The lowest BCUT2D eigenvalue weighted by atomic mass is 9.66. The van der Waals surface area contributed by atoms with E-state index in [0.29, 0.717) is 11.1 Å². The minimum atomic E-state index is -1.88. The van der Waals surface area contributed by atoms with Gasteiger partial charge in [0, 0.05) is 45.3 Å². The maximum absolute atomic E-state index is 13.8. The van der Waals surface area contributed by atoms with Gasteiger partial charge in [-0.05, 0) is 36.1 Å². The summed E-state index contributed by atoms with van der Waals surface area (Å²) in [4.78, 5) is 41.0. The van der Waals surface area contributed by atoms with E-state index in [1.54, 1.807) is 0 Å². The molecule has 206 valence electrons. The van der Waals surface area contributed by atoms with Crippen LogP contribution in [0.4, 0.5) is 0 Å². The minimum absolute atomic E-state index is 0.00828. The van der Waals surface area contributed by atoms with Crippen molar-refractivity contribution in [3.8, 4) is 17.2 Å². The van der Waals surface area contributed by atoms with Gasteiger partial charge in [0.2, 0.25) is 11.2 Å². The predicted molar refractivity (Wildman–Crippen MR) is 146 cm³/mol. The predicted octanol–water partition coefficient (Wildman–Crippen LogP) is 2.84. The molecule has 3 N–H and O–H groups in total. The molecule has 0 aromatic heterocycles. The molecule has 3 aromatic carbocycles. The second-order valence-electron chi connectivity index (χ2n) is 10.3. The standard InChI is InChI=1S/C30H26O10/c1-10(31)25-24-21-17-11(26(33)28(35)29(24)40-6)7-14(37-3)20-15(38-4)9-13(32)19(22(17)20)23-18(21)12(30(25,2)36)8-16(39-5)27(23)34/h7,9,25,34,36H,8H2,1-6H3,(H,33,35)/t25-,30-/m0/s1. The van der Waals surface area contributed by atoms with E-state index in [1.807, 2.05) is 0 Å². The van der Waals surface area contributed by atoms with Gasteiger partial charge in [-0.25, -0.2) is 0 Å². The summed E-state index contributed by atoms with van der Waals surface area (Å²) < 4.78 is 22.3. The molecule has 0 radical (unpaired) electrons. The molecule has 0 spiro atoms. The van der Waals surface area contributed by atoms with Crippen LogP contribution < -0.4 is 20.1 Å². The number of ether oxygens (including phenoxy) is 4. The number of carbonyl (C=O) groups is 2. The summed E-state index contributed by atoms with van der Waals surface area (Å²) >= 11 is 0. The summed E-state index contributed by atoms with van der Waals surface area (Å²) in [6, 6.07) is 1.44. The van der Waals surface area contributed by atoms with Gasteiger partial charge in [-0.3, -0.25) is 14.4 Å². The van der Waals surface area contributed by atoms with Crippen LogP contribution in [0.3, 0.4) is 0 Å². The third-order valence-electron chi connectivity index (χ3n) is 8.38. The fourth-order valence-corrected chi connectivity index (χ4v) is 6.81. The van der Waals surface area contributed by atoms with E-state index in [0.717, 1.165) is 0 Å². The third-order valence-corrected chi connectivity index (χ3v) is 8.38. The highest BCUT2D eigenvalue weighted by molar-refractivity contribution is 6.30. The summed E-state index contributed by atoms with van der Waals surface area (Å²) in [7, 11) is 5.38. The van der Waals surface area contributed by atoms with Gasteiger partial charge < -0.3 is 34.3 Å². The largest absolute Gasteiger partial charge is 0.504 e. The first-order valence-electron chi connectivity index (χ1n) is 12.5. The Bertz CT molecular complexity index is 1930. The number of aliphatic hydroxyl groups is 2. The number of allylic oxidation sites excluding steroid dienone is 2. The van der Waals surface area contributed by atoms with Crippen LogP contribution in [0, 0.1) is 0 Å². The van der Waals surface area contributed by atoms with Crippen LogP contribution in [0.25, 0.3) is 38.6 Å². The summed E-state index contributed by atoms with van der Waals surface area (Å²) in [6.45, 7) is 2.75. The monoisotopic (exact) mass is 546 g/mol.